The van der Waals surface area contributed by atoms with Crippen LogP contribution in [-0.2, 0) is 6.42 Å². The second-order valence-corrected chi connectivity index (χ2v) is 3.74. The van der Waals surface area contributed by atoms with Crippen LogP contribution in [0.4, 0.5) is 0 Å². The van der Waals surface area contributed by atoms with E-state index in [9.17, 15) is 0 Å². The SMILES string of the molecule is CC(NCCc1ncc[nH]1)c1ccncc1. The van der Waals surface area contributed by atoms with Crippen molar-refractivity contribution in [1.82, 2.24) is 20.3 Å². The molecule has 0 aliphatic carbocycles. The second-order valence-electron chi connectivity index (χ2n) is 3.74. The zero-order valence-electron chi connectivity index (χ0n) is 9.35. The van der Waals surface area contributed by atoms with Crippen LogP contribution in [0.2, 0.25) is 0 Å². The summed E-state index contributed by atoms with van der Waals surface area (Å²) in [6.07, 6.45) is 8.19. The molecule has 0 saturated carbocycles. The molecule has 1 atom stereocenters. The zero-order chi connectivity index (χ0) is 11.2. The maximum Gasteiger partial charge on any atom is 0.107 e. The Hall–Kier alpha value is -1.68. The molecule has 0 aromatic carbocycles. The molecule has 0 bridgehead atoms. The molecule has 16 heavy (non-hydrogen) atoms. The summed E-state index contributed by atoms with van der Waals surface area (Å²) in [6, 6.07) is 4.41. The van der Waals surface area contributed by atoms with E-state index in [1.807, 2.05) is 30.7 Å². The molecule has 2 rings (SSSR count). The number of hydrogen-bond donors (Lipinski definition) is 2. The lowest BCUT2D eigenvalue weighted by molar-refractivity contribution is 0.571. The summed E-state index contributed by atoms with van der Waals surface area (Å²) in [5.74, 6) is 1.02. The molecule has 0 fully saturated rings. The molecule has 0 radical (unpaired) electrons. The van der Waals surface area contributed by atoms with Gasteiger partial charge in [-0.15, -0.1) is 0 Å². The van der Waals surface area contributed by atoms with Gasteiger partial charge in [0.1, 0.15) is 5.82 Å². The normalized spacial score (nSPS) is 12.6. The molecule has 2 aromatic heterocycles. The predicted molar refractivity (Wildman–Crippen MR) is 62.9 cm³/mol. The highest BCUT2D eigenvalue weighted by atomic mass is 14.9. The van der Waals surface area contributed by atoms with E-state index in [1.54, 1.807) is 6.20 Å². The molecule has 2 N–H and O–H groups in total. The Morgan fingerprint density at radius 2 is 2.12 bits per heavy atom. The van der Waals surface area contributed by atoms with Gasteiger partial charge >= 0.3 is 0 Å². The van der Waals surface area contributed by atoms with Gasteiger partial charge in [-0.3, -0.25) is 4.98 Å². The van der Waals surface area contributed by atoms with Crippen molar-refractivity contribution in [2.75, 3.05) is 6.54 Å². The minimum absolute atomic E-state index is 0.345. The van der Waals surface area contributed by atoms with Gasteiger partial charge in [-0.2, -0.15) is 0 Å². The van der Waals surface area contributed by atoms with Crippen LogP contribution in [0.15, 0.2) is 36.9 Å². The molecule has 84 valence electrons. The fraction of sp³-hybridized carbons (Fsp3) is 0.333. The minimum Gasteiger partial charge on any atom is -0.349 e. The lowest BCUT2D eigenvalue weighted by Crippen LogP contribution is -2.21. The Bertz CT molecular complexity index is 396. The van der Waals surface area contributed by atoms with Crippen molar-refractivity contribution in [3.05, 3.63) is 48.3 Å². The van der Waals surface area contributed by atoms with Crippen LogP contribution in [0, 0.1) is 0 Å². The van der Waals surface area contributed by atoms with Crippen molar-refractivity contribution in [3.8, 4) is 0 Å². The predicted octanol–water partition coefficient (Wildman–Crippen LogP) is 1.70. The van der Waals surface area contributed by atoms with Crippen molar-refractivity contribution in [3.63, 3.8) is 0 Å². The number of nitrogens with zero attached hydrogens (tertiary/aromatic N) is 2. The number of aromatic nitrogens is 3. The summed E-state index contributed by atoms with van der Waals surface area (Å²) in [6.45, 7) is 3.06. The molecule has 0 amide bonds. The standard InChI is InChI=1S/C12H16N4/c1-10(11-2-5-13-6-3-11)14-7-4-12-15-8-9-16-12/h2-3,5-6,8-10,14H,4,7H2,1H3,(H,15,16). The van der Waals surface area contributed by atoms with Crippen LogP contribution in [0.25, 0.3) is 0 Å². The summed E-state index contributed by atoms with van der Waals surface area (Å²) >= 11 is 0. The fourth-order valence-corrected chi connectivity index (χ4v) is 1.61. The maximum atomic E-state index is 4.18. The number of pyridine rings is 1. The Kier molecular flexibility index (Phi) is 3.66. The number of rotatable bonds is 5. The summed E-state index contributed by atoms with van der Waals surface area (Å²) < 4.78 is 0. The highest BCUT2D eigenvalue weighted by molar-refractivity contribution is 5.13. The smallest absolute Gasteiger partial charge is 0.107 e. The van der Waals surface area contributed by atoms with Gasteiger partial charge in [0.05, 0.1) is 0 Å². The van der Waals surface area contributed by atoms with Crippen LogP contribution in [0.1, 0.15) is 24.4 Å². The van der Waals surface area contributed by atoms with Gasteiger partial charge in [-0.25, -0.2) is 4.98 Å². The van der Waals surface area contributed by atoms with Crippen LogP contribution in [0.5, 0.6) is 0 Å². The number of imidazole rings is 1. The highest BCUT2D eigenvalue weighted by Gasteiger charge is 2.03. The van der Waals surface area contributed by atoms with Crippen molar-refractivity contribution < 1.29 is 0 Å². The molecule has 2 heterocycles. The molecule has 1 unspecified atom stereocenters. The van der Waals surface area contributed by atoms with Crippen molar-refractivity contribution in [2.24, 2.45) is 0 Å². The summed E-state index contributed by atoms with van der Waals surface area (Å²) in [5.41, 5.74) is 1.26. The quantitative estimate of drug-likeness (QED) is 0.799. The fourth-order valence-electron chi connectivity index (χ4n) is 1.61. The zero-order valence-corrected chi connectivity index (χ0v) is 9.35. The largest absolute Gasteiger partial charge is 0.349 e. The van der Waals surface area contributed by atoms with Crippen LogP contribution >= 0.6 is 0 Å². The molecular weight excluding hydrogens is 200 g/mol. The topological polar surface area (TPSA) is 53.6 Å². The van der Waals surface area contributed by atoms with E-state index in [0.29, 0.717) is 6.04 Å². The molecule has 0 spiro atoms. The van der Waals surface area contributed by atoms with Crippen molar-refractivity contribution in [2.45, 2.75) is 19.4 Å². The van der Waals surface area contributed by atoms with Gasteiger partial charge in [0.15, 0.2) is 0 Å². The van der Waals surface area contributed by atoms with Gasteiger partial charge in [0, 0.05) is 43.8 Å². The highest BCUT2D eigenvalue weighted by Crippen LogP contribution is 2.09. The Morgan fingerprint density at radius 1 is 1.31 bits per heavy atom. The molecule has 4 nitrogen and oxygen atoms in total. The number of H-pyrrole nitrogens is 1. The molecule has 4 heteroatoms. The Balaban J connectivity index is 1.78. The third-order valence-electron chi connectivity index (χ3n) is 2.57. The van der Waals surface area contributed by atoms with E-state index >= 15 is 0 Å². The number of hydrogen-bond acceptors (Lipinski definition) is 3. The van der Waals surface area contributed by atoms with E-state index in [0.717, 1.165) is 18.8 Å². The van der Waals surface area contributed by atoms with Crippen LogP contribution in [-0.4, -0.2) is 21.5 Å². The average molecular weight is 216 g/mol. The van der Waals surface area contributed by atoms with Crippen LogP contribution < -0.4 is 5.32 Å². The number of nitrogens with one attached hydrogen (secondary N) is 2. The van der Waals surface area contributed by atoms with Gasteiger partial charge in [-0.1, -0.05) is 0 Å². The minimum atomic E-state index is 0.345. The first-order valence-electron chi connectivity index (χ1n) is 5.48. The van der Waals surface area contributed by atoms with Gasteiger partial charge in [0.25, 0.3) is 0 Å². The Labute approximate surface area is 95.1 Å². The maximum absolute atomic E-state index is 4.18. The molecular formula is C12H16N4. The van der Waals surface area contributed by atoms with E-state index < -0.39 is 0 Å². The summed E-state index contributed by atoms with van der Waals surface area (Å²) in [5, 5.41) is 3.45. The van der Waals surface area contributed by atoms with E-state index in [4.69, 9.17) is 0 Å². The Morgan fingerprint density at radius 3 is 2.81 bits per heavy atom. The number of aromatic amines is 1. The van der Waals surface area contributed by atoms with Gasteiger partial charge in [0.2, 0.25) is 0 Å². The van der Waals surface area contributed by atoms with Crippen LogP contribution in [0.3, 0.4) is 0 Å². The van der Waals surface area contributed by atoms with E-state index in [2.05, 4.69) is 27.2 Å². The average Bonchev–Trinajstić information content (AvgIpc) is 2.83. The molecule has 2 aromatic rings. The first-order chi connectivity index (χ1) is 7.86. The first kappa shape index (κ1) is 10.8. The lowest BCUT2D eigenvalue weighted by atomic mass is 10.1. The third kappa shape index (κ3) is 2.90. The summed E-state index contributed by atoms with van der Waals surface area (Å²) in [7, 11) is 0. The van der Waals surface area contributed by atoms with E-state index in [1.165, 1.54) is 5.56 Å². The van der Waals surface area contributed by atoms with E-state index in [-0.39, 0.29) is 0 Å². The second kappa shape index (κ2) is 5.42. The lowest BCUT2D eigenvalue weighted by Gasteiger charge is -2.13. The summed E-state index contributed by atoms with van der Waals surface area (Å²) in [4.78, 5) is 11.3. The van der Waals surface area contributed by atoms with Gasteiger partial charge in [-0.05, 0) is 24.6 Å². The van der Waals surface area contributed by atoms with Crippen molar-refractivity contribution in [1.29, 1.82) is 0 Å². The first-order valence-corrected chi connectivity index (χ1v) is 5.48. The molecule has 0 saturated heterocycles. The monoisotopic (exact) mass is 216 g/mol. The van der Waals surface area contributed by atoms with Gasteiger partial charge < -0.3 is 10.3 Å². The molecule has 0 aliphatic rings. The molecule has 0 aliphatic heterocycles. The van der Waals surface area contributed by atoms with Crippen molar-refractivity contribution >= 4 is 0 Å². The third-order valence-corrected chi connectivity index (χ3v) is 2.57.